The quantitative estimate of drug-likeness (QED) is 0.0254. The highest BCUT2D eigenvalue weighted by Gasteiger charge is 2.52. The van der Waals surface area contributed by atoms with Crippen LogP contribution in [0.2, 0.25) is 0 Å². The maximum Gasteiger partial charge on any atom is 0.483 e. The molecule has 0 saturated carbocycles. The van der Waals surface area contributed by atoms with Crippen molar-refractivity contribution in [1.29, 1.82) is 0 Å². The molecule has 0 radical (unpaired) electrons. The minimum absolute atomic E-state index is 0.276. The van der Waals surface area contributed by atoms with Crippen LogP contribution < -0.4 is 22.3 Å². The van der Waals surface area contributed by atoms with E-state index >= 15 is 0 Å². The molecule has 2 fully saturated rings. The fourth-order valence-corrected chi connectivity index (χ4v) is 8.38. The lowest BCUT2D eigenvalue weighted by Gasteiger charge is -2.43. The first-order valence-electron chi connectivity index (χ1n) is 20.3. The lowest BCUT2D eigenvalue weighted by Crippen LogP contribution is -2.65. The number of nitrogens with one attached hydrogen (secondary N) is 2. The van der Waals surface area contributed by atoms with Gasteiger partial charge in [0.05, 0.1) is 51.1 Å². The summed E-state index contributed by atoms with van der Waals surface area (Å²) in [5, 5.41) is 79.0. The first-order valence-corrected chi connectivity index (χ1v) is 23.3. The molecule has 366 valence electrons. The molecule has 1 amide bonds. The zero-order chi connectivity index (χ0) is 47.5. The Bertz CT molecular complexity index is 1740. The Morgan fingerprint density at radius 2 is 1.49 bits per heavy atom. The van der Waals surface area contributed by atoms with Crippen LogP contribution in [-0.2, 0) is 46.3 Å². The van der Waals surface area contributed by atoms with Crippen LogP contribution in [0.5, 0.6) is 0 Å². The summed E-state index contributed by atoms with van der Waals surface area (Å²) in [7, 11) is -11.4. The first kappa shape index (κ1) is 56.6. The van der Waals surface area contributed by atoms with E-state index in [4.69, 9.17) is 39.8 Å². The predicted molar refractivity (Wildman–Crippen MR) is 215 cm³/mol. The summed E-state index contributed by atoms with van der Waals surface area (Å²) in [4.78, 5) is 71.0. The van der Waals surface area contributed by atoms with Crippen molar-refractivity contribution in [3.05, 3.63) is 33.1 Å². The maximum atomic E-state index is 13.0. The van der Waals surface area contributed by atoms with E-state index in [2.05, 4.69) is 21.1 Å². The van der Waals surface area contributed by atoms with Crippen molar-refractivity contribution in [3.63, 3.8) is 0 Å². The second kappa shape index (κ2) is 27.2. The van der Waals surface area contributed by atoms with Crippen molar-refractivity contribution >= 4 is 27.5 Å². The minimum atomic E-state index is -5.78. The Morgan fingerprint density at radius 1 is 0.905 bits per heavy atom. The van der Waals surface area contributed by atoms with E-state index in [1.54, 1.807) is 0 Å². The van der Waals surface area contributed by atoms with Gasteiger partial charge < -0.3 is 75.9 Å². The lowest BCUT2D eigenvalue weighted by atomic mass is 9.96. The Hall–Kier alpha value is -2.56. The number of amides is 1. The largest absolute Gasteiger partial charge is 0.483 e. The smallest absolute Gasteiger partial charge is 0.457 e. The van der Waals surface area contributed by atoms with Crippen LogP contribution in [0.4, 0.5) is 0 Å². The van der Waals surface area contributed by atoms with Crippen LogP contribution in [0.3, 0.4) is 0 Å². The first-order chi connectivity index (χ1) is 29.6. The molecule has 28 heteroatoms. The van der Waals surface area contributed by atoms with E-state index in [0.29, 0.717) is 6.42 Å². The number of carbonyl (C=O) groups is 2. The Morgan fingerprint density at radius 3 is 2.02 bits per heavy atom. The van der Waals surface area contributed by atoms with Gasteiger partial charge in [-0.05, 0) is 6.42 Å². The average Bonchev–Trinajstić information content (AvgIpc) is 3.49. The van der Waals surface area contributed by atoms with E-state index in [-0.39, 0.29) is 6.42 Å². The summed E-state index contributed by atoms with van der Waals surface area (Å²) in [6, 6.07) is -0.858. The minimum Gasteiger partial charge on any atom is -0.457 e. The molecule has 0 spiro atoms. The lowest BCUT2D eigenvalue weighted by molar-refractivity contribution is -0.253. The maximum absolute atomic E-state index is 13.0. The number of hydrogen-bond acceptors (Lipinski definition) is 21. The molecule has 2 aliphatic heterocycles. The molecule has 14 N–H and O–H groups in total. The molecule has 2 saturated heterocycles. The number of esters is 1. The topological polar surface area (TPSA) is 419 Å². The summed E-state index contributed by atoms with van der Waals surface area (Å²) >= 11 is 0. The molecule has 0 aromatic carbocycles. The van der Waals surface area contributed by atoms with E-state index in [0.717, 1.165) is 49.4 Å². The van der Waals surface area contributed by atoms with Crippen LogP contribution in [0, 0.1) is 0 Å². The average molecular weight is 955 g/mol. The fourth-order valence-electron chi connectivity index (χ4n) is 6.22. The zero-order valence-electron chi connectivity index (χ0n) is 35.0. The van der Waals surface area contributed by atoms with Crippen molar-refractivity contribution in [3.8, 4) is 0 Å². The Kier molecular flexibility index (Phi) is 24.4. The van der Waals surface area contributed by atoms with Crippen molar-refractivity contribution in [1.82, 2.24) is 14.9 Å². The highest BCUT2D eigenvalue weighted by molar-refractivity contribution is 7.61. The number of unbranched alkanes of at least 4 members (excludes halogenated alkanes) is 8. The van der Waals surface area contributed by atoms with Gasteiger partial charge in [0.15, 0.2) is 18.6 Å². The fraction of sp³-hybridized carbons (Fsp3) is 0.829. The monoisotopic (exact) mass is 954 g/mol. The van der Waals surface area contributed by atoms with Crippen LogP contribution in [0.25, 0.3) is 0 Å². The van der Waals surface area contributed by atoms with Crippen molar-refractivity contribution < 1.29 is 96.9 Å². The van der Waals surface area contributed by atoms with Crippen LogP contribution in [-0.4, -0.2) is 166 Å². The number of hydrogen-bond donors (Lipinski definition) is 13. The third-order valence-corrected chi connectivity index (χ3v) is 12.4. The van der Waals surface area contributed by atoms with Crippen LogP contribution in [0.15, 0.2) is 21.9 Å². The molecule has 26 nitrogen and oxygen atoms in total. The van der Waals surface area contributed by atoms with E-state index in [1.807, 2.05) is 4.98 Å². The molecule has 0 bridgehead atoms. The SMILES string of the molecule is CCCCCCCCCCC[C@@H](O)CC(=O)O[C@H]1[C@H](O)[C@@H](CO)O[C@H](OP(=O)(O)OP(=O)(O)OC[C@H]2O[C@@H](n3ccc(=O)[nH]c3=O)[C@H](O)[C@@H]2O)[C@@H]1NC(C)=O.NC(CO)(CO)CO. The van der Waals surface area contributed by atoms with Gasteiger partial charge in [-0.15, -0.1) is 0 Å². The molecule has 3 rings (SSSR count). The summed E-state index contributed by atoms with van der Waals surface area (Å²) in [6.45, 7) is -0.107. The van der Waals surface area contributed by atoms with Gasteiger partial charge in [-0.25, -0.2) is 13.9 Å². The summed E-state index contributed by atoms with van der Waals surface area (Å²) in [6.07, 6.45) is -5.37. The number of aromatic nitrogens is 2. The molecule has 2 unspecified atom stereocenters. The van der Waals surface area contributed by atoms with Crippen LogP contribution in [0.1, 0.15) is 90.7 Å². The highest BCUT2D eigenvalue weighted by Crippen LogP contribution is 2.61. The molecule has 12 atom stereocenters. The van der Waals surface area contributed by atoms with Crippen molar-refractivity contribution in [2.75, 3.05) is 33.0 Å². The molecule has 2 aliphatic rings. The Balaban J connectivity index is 0.00000155. The number of phosphoric acid groups is 2. The van der Waals surface area contributed by atoms with Gasteiger partial charge >= 0.3 is 27.3 Å². The standard InChI is InChI=1S/C31H53N3O19P2.C4H11NO3/c1-3-4-5-6-7-8-9-10-11-12-19(37)15-23(39)51-28-24(32-18(2)36)30(50-20(16-35)26(28)41)52-55(46,47)53-54(44,45)48-17-21-25(40)27(42)29(49-21)34-14-13-22(38)33-31(34)43;5-4(1-6,2-7)3-8/h13-14,19-21,24-30,35,37,40-42H,3-12,15-17H2,1-2H3,(H,32,36)(H,44,45)(H,46,47)(H,33,38,43);6-8H,1-3,5H2/t19-,20-,21-,24-,25-,26-,27-,28-,29-,30-;/m1./s1. The number of aliphatic hydroxyl groups excluding tert-OH is 8. The summed E-state index contributed by atoms with van der Waals surface area (Å²) in [5.41, 5.74) is 2.16. The molecule has 3 heterocycles. The van der Waals surface area contributed by atoms with Crippen molar-refractivity contribution in [2.24, 2.45) is 5.73 Å². The summed E-state index contributed by atoms with van der Waals surface area (Å²) < 4.78 is 56.3. The van der Waals surface area contributed by atoms with E-state index in [9.17, 15) is 63.6 Å². The normalized spacial score (nSPS) is 27.3. The number of rotatable bonds is 26. The van der Waals surface area contributed by atoms with Gasteiger partial charge in [0.25, 0.3) is 5.56 Å². The number of ether oxygens (including phenoxy) is 3. The Labute approximate surface area is 362 Å². The molecular weight excluding hydrogens is 890 g/mol. The van der Waals surface area contributed by atoms with Gasteiger partial charge in [0.1, 0.15) is 36.6 Å². The van der Waals surface area contributed by atoms with E-state index < -0.39 is 145 Å². The van der Waals surface area contributed by atoms with Crippen LogP contribution >= 0.6 is 15.6 Å². The molecular formula is C35H64N4O22P2. The number of nitrogens with two attached hydrogens (primary N) is 1. The second-order valence-electron chi connectivity index (χ2n) is 15.2. The van der Waals surface area contributed by atoms with Gasteiger partial charge in [0, 0.05) is 19.2 Å². The van der Waals surface area contributed by atoms with Gasteiger partial charge in [-0.3, -0.25) is 33.0 Å². The number of nitrogens with zero attached hydrogens (tertiary/aromatic N) is 1. The molecule has 1 aromatic rings. The van der Waals surface area contributed by atoms with E-state index in [1.165, 1.54) is 25.7 Å². The second-order valence-corrected chi connectivity index (χ2v) is 18.2. The number of carbonyl (C=O) groups excluding carboxylic acids is 2. The number of phosphoric ester groups is 2. The predicted octanol–water partition coefficient (Wildman–Crippen LogP) is -2.77. The third-order valence-electron chi connectivity index (χ3n) is 9.79. The number of aliphatic hydroxyl groups is 8. The number of H-pyrrole nitrogens is 1. The third kappa shape index (κ3) is 19.1. The number of aromatic amines is 1. The van der Waals surface area contributed by atoms with Gasteiger partial charge in [0.2, 0.25) is 5.91 Å². The molecule has 1 aromatic heterocycles. The van der Waals surface area contributed by atoms with Gasteiger partial charge in [-0.2, -0.15) is 4.31 Å². The highest BCUT2D eigenvalue weighted by atomic mass is 31.3. The molecule has 0 aliphatic carbocycles. The summed E-state index contributed by atoms with van der Waals surface area (Å²) in [5.74, 6) is -1.88. The van der Waals surface area contributed by atoms with Gasteiger partial charge in [-0.1, -0.05) is 64.7 Å². The zero-order valence-corrected chi connectivity index (χ0v) is 36.8. The molecule has 63 heavy (non-hydrogen) atoms. The van der Waals surface area contributed by atoms with Crippen molar-refractivity contribution in [2.45, 2.75) is 151 Å².